The minimum absolute atomic E-state index is 0.173. The molecule has 0 saturated carbocycles. The molecule has 0 amide bonds. The van der Waals surface area contributed by atoms with Gasteiger partial charge >= 0.3 is 0 Å². The van der Waals surface area contributed by atoms with Gasteiger partial charge in [-0.25, -0.2) is 0 Å². The number of hydrogen-bond acceptors (Lipinski definition) is 1. The van der Waals surface area contributed by atoms with Crippen LogP contribution in [0.2, 0.25) is 0 Å². The molecule has 0 heterocycles. The fraction of sp³-hybridized carbons (Fsp3) is 0.571. The van der Waals surface area contributed by atoms with E-state index in [0.29, 0.717) is 12.0 Å². The lowest BCUT2D eigenvalue weighted by atomic mass is 10.0. The van der Waals surface area contributed by atoms with Crippen LogP contribution in [0.5, 0.6) is 0 Å². The van der Waals surface area contributed by atoms with Crippen molar-refractivity contribution in [1.82, 2.24) is 0 Å². The Balaban J connectivity index is 1.92. The lowest BCUT2D eigenvalue weighted by molar-refractivity contribution is 0.0688. The quantitative estimate of drug-likeness (QED) is 0.722. The SMILES string of the molecule is CC(C)OCCC1Cc2ccccc2C1Cl. The maximum absolute atomic E-state index is 6.47. The Labute approximate surface area is 103 Å². The Morgan fingerprint density at radius 2 is 2.12 bits per heavy atom. The monoisotopic (exact) mass is 238 g/mol. The fourth-order valence-corrected chi connectivity index (χ4v) is 2.76. The molecule has 2 unspecified atom stereocenters. The van der Waals surface area contributed by atoms with E-state index in [-0.39, 0.29) is 5.38 Å². The lowest BCUT2D eigenvalue weighted by Gasteiger charge is -2.15. The molecule has 1 nitrogen and oxygen atoms in total. The fourth-order valence-electron chi connectivity index (χ4n) is 2.33. The van der Waals surface area contributed by atoms with Crippen molar-refractivity contribution in [1.29, 1.82) is 0 Å². The second-order valence-electron chi connectivity index (χ2n) is 4.77. The van der Waals surface area contributed by atoms with E-state index < -0.39 is 0 Å². The molecule has 16 heavy (non-hydrogen) atoms. The Hall–Kier alpha value is -0.530. The van der Waals surface area contributed by atoms with Gasteiger partial charge in [-0.1, -0.05) is 24.3 Å². The molecular weight excluding hydrogens is 220 g/mol. The van der Waals surface area contributed by atoms with E-state index >= 15 is 0 Å². The third-order valence-corrected chi connectivity index (χ3v) is 3.78. The van der Waals surface area contributed by atoms with Crippen molar-refractivity contribution in [3.05, 3.63) is 35.4 Å². The second kappa shape index (κ2) is 5.20. The topological polar surface area (TPSA) is 9.23 Å². The average Bonchev–Trinajstić information content (AvgIpc) is 2.56. The van der Waals surface area contributed by atoms with E-state index in [4.69, 9.17) is 16.3 Å². The standard InChI is InChI=1S/C14H19ClO/c1-10(2)16-8-7-12-9-11-5-3-4-6-13(11)14(12)15/h3-6,10,12,14H,7-9H2,1-2H3. The van der Waals surface area contributed by atoms with Gasteiger partial charge in [0.05, 0.1) is 11.5 Å². The van der Waals surface area contributed by atoms with Crippen LogP contribution in [0.4, 0.5) is 0 Å². The Kier molecular flexibility index (Phi) is 3.88. The average molecular weight is 239 g/mol. The van der Waals surface area contributed by atoms with E-state index in [1.54, 1.807) is 0 Å². The van der Waals surface area contributed by atoms with Gasteiger partial charge in [-0.3, -0.25) is 0 Å². The van der Waals surface area contributed by atoms with Crippen LogP contribution < -0.4 is 0 Å². The van der Waals surface area contributed by atoms with Crippen molar-refractivity contribution in [2.45, 2.75) is 38.2 Å². The molecule has 0 saturated heterocycles. The summed E-state index contributed by atoms with van der Waals surface area (Å²) >= 11 is 6.47. The number of ether oxygens (including phenoxy) is 1. The highest BCUT2D eigenvalue weighted by molar-refractivity contribution is 6.21. The molecule has 2 atom stereocenters. The van der Waals surface area contributed by atoms with Gasteiger partial charge < -0.3 is 4.74 Å². The third kappa shape index (κ3) is 2.58. The van der Waals surface area contributed by atoms with Gasteiger partial charge in [-0.15, -0.1) is 11.6 Å². The smallest absolute Gasteiger partial charge is 0.0620 e. The first kappa shape index (κ1) is 11.9. The van der Waals surface area contributed by atoms with E-state index in [1.807, 2.05) is 0 Å². The van der Waals surface area contributed by atoms with Crippen molar-refractivity contribution in [2.75, 3.05) is 6.61 Å². The zero-order valence-corrected chi connectivity index (χ0v) is 10.7. The predicted octanol–water partition coefficient (Wildman–Crippen LogP) is 3.95. The Morgan fingerprint density at radius 3 is 2.81 bits per heavy atom. The molecule has 0 aromatic heterocycles. The lowest BCUT2D eigenvalue weighted by Crippen LogP contribution is -2.10. The molecule has 1 aromatic carbocycles. The summed E-state index contributed by atoms with van der Waals surface area (Å²) in [6, 6.07) is 8.50. The minimum Gasteiger partial charge on any atom is -0.379 e. The molecule has 1 aliphatic carbocycles. The van der Waals surface area contributed by atoms with Gasteiger partial charge in [0.25, 0.3) is 0 Å². The minimum atomic E-state index is 0.173. The molecule has 0 aliphatic heterocycles. The summed E-state index contributed by atoms with van der Waals surface area (Å²) in [7, 11) is 0. The number of benzene rings is 1. The number of halogens is 1. The van der Waals surface area contributed by atoms with Crippen molar-refractivity contribution in [3.63, 3.8) is 0 Å². The normalized spacial score (nSPS) is 23.8. The van der Waals surface area contributed by atoms with Gasteiger partial charge in [-0.05, 0) is 43.7 Å². The molecule has 0 radical (unpaired) electrons. The van der Waals surface area contributed by atoms with E-state index in [9.17, 15) is 0 Å². The van der Waals surface area contributed by atoms with Crippen molar-refractivity contribution in [3.8, 4) is 0 Å². The van der Waals surface area contributed by atoms with Crippen LogP contribution in [-0.2, 0) is 11.2 Å². The molecule has 1 aliphatic rings. The Bertz CT molecular complexity index is 348. The third-order valence-electron chi connectivity index (χ3n) is 3.19. The summed E-state index contributed by atoms with van der Waals surface area (Å²) in [4.78, 5) is 0. The first-order chi connectivity index (χ1) is 7.68. The van der Waals surface area contributed by atoms with Crippen LogP contribution in [0.15, 0.2) is 24.3 Å². The zero-order chi connectivity index (χ0) is 11.5. The summed E-state index contributed by atoms with van der Waals surface area (Å²) in [5.41, 5.74) is 2.73. The molecule has 88 valence electrons. The number of fused-ring (bicyclic) bond motifs is 1. The molecular formula is C14H19ClO. The molecule has 2 rings (SSSR count). The predicted molar refractivity (Wildman–Crippen MR) is 67.9 cm³/mol. The van der Waals surface area contributed by atoms with Gasteiger partial charge in [0.2, 0.25) is 0 Å². The van der Waals surface area contributed by atoms with E-state index in [1.165, 1.54) is 11.1 Å². The van der Waals surface area contributed by atoms with Crippen molar-refractivity contribution < 1.29 is 4.74 Å². The highest BCUT2D eigenvalue weighted by Crippen LogP contribution is 2.42. The van der Waals surface area contributed by atoms with Crippen LogP contribution in [0.25, 0.3) is 0 Å². The summed E-state index contributed by atoms with van der Waals surface area (Å²) < 4.78 is 5.59. The van der Waals surface area contributed by atoms with Gasteiger partial charge in [0.15, 0.2) is 0 Å². The van der Waals surface area contributed by atoms with E-state index in [0.717, 1.165) is 19.4 Å². The first-order valence-corrected chi connectivity index (χ1v) is 6.45. The number of hydrogen-bond donors (Lipinski definition) is 0. The highest BCUT2D eigenvalue weighted by atomic mass is 35.5. The van der Waals surface area contributed by atoms with Crippen LogP contribution >= 0.6 is 11.6 Å². The van der Waals surface area contributed by atoms with E-state index in [2.05, 4.69) is 38.1 Å². The molecule has 1 aromatic rings. The van der Waals surface area contributed by atoms with Gasteiger partial charge in [-0.2, -0.15) is 0 Å². The van der Waals surface area contributed by atoms with Crippen LogP contribution in [-0.4, -0.2) is 12.7 Å². The second-order valence-corrected chi connectivity index (χ2v) is 5.24. The zero-order valence-electron chi connectivity index (χ0n) is 9.95. The number of alkyl halides is 1. The molecule has 0 N–H and O–H groups in total. The van der Waals surface area contributed by atoms with Crippen LogP contribution in [0.1, 0.15) is 36.8 Å². The summed E-state index contributed by atoms with van der Waals surface area (Å²) in [5.74, 6) is 0.540. The maximum Gasteiger partial charge on any atom is 0.0620 e. The van der Waals surface area contributed by atoms with Gasteiger partial charge in [0.1, 0.15) is 0 Å². The Morgan fingerprint density at radius 1 is 1.38 bits per heavy atom. The first-order valence-electron chi connectivity index (χ1n) is 6.02. The summed E-state index contributed by atoms with van der Waals surface area (Å²) in [5, 5.41) is 0.173. The largest absolute Gasteiger partial charge is 0.379 e. The number of rotatable bonds is 4. The molecule has 2 heteroatoms. The summed E-state index contributed by atoms with van der Waals surface area (Å²) in [6.45, 7) is 4.96. The molecule has 0 spiro atoms. The maximum atomic E-state index is 6.47. The van der Waals surface area contributed by atoms with Crippen molar-refractivity contribution in [2.24, 2.45) is 5.92 Å². The highest BCUT2D eigenvalue weighted by Gasteiger charge is 2.30. The molecule has 0 bridgehead atoms. The molecule has 0 fully saturated rings. The van der Waals surface area contributed by atoms with Crippen LogP contribution in [0, 0.1) is 5.92 Å². The van der Waals surface area contributed by atoms with Gasteiger partial charge in [0, 0.05) is 6.61 Å². The van der Waals surface area contributed by atoms with Crippen molar-refractivity contribution >= 4 is 11.6 Å². The summed E-state index contributed by atoms with van der Waals surface area (Å²) in [6.07, 6.45) is 2.48. The van der Waals surface area contributed by atoms with Crippen LogP contribution in [0.3, 0.4) is 0 Å².